The van der Waals surface area contributed by atoms with Crippen LogP contribution in [0.25, 0.3) is 0 Å². The zero-order chi connectivity index (χ0) is 11.5. The fourth-order valence-corrected chi connectivity index (χ4v) is 2.56. The number of Topliss-reactive ketones (excluding diaryl/α,β-unsaturated/α-hetero) is 1. The first-order valence-electron chi connectivity index (χ1n) is 6.06. The Balaban J connectivity index is 2.09. The Morgan fingerprint density at radius 2 is 1.94 bits per heavy atom. The van der Waals surface area contributed by atoms with Crippen LogP contribution in [0.1, 0.15) is 43.0 Å². The number of anilines is 1. The third-order valence-corrected chi connectivity index (χ3v) is 3.50. The molecule has 1 aliphatic rings. The van der Waals surface area contributed by atoms with Crippen molar-refractivity contribution in [3.8, 4) is 0 Å². The molecule has 0 amide bonds. The molecule has 2 atom stereocenters. The molecule has 1 fully saturated rings. The number of ketones is 1. The average molecular weight is 217 g/mol. The summed E-state index contributed by atoms with van der Waals surface area (Å²) in [5, 5.41) is 0. The highest BCUT2D eigenvalue weighted by Gasteiger charge is 2.25. The van der Waals surface area contributed by atoms with Gasteiger partial charge in [-0.2, -0.15) is 0 Å². The largest absolute Gasteiger partial charge is 0.399 e. The van der Waals surface area contributed by atoms with Crippen molar-refractivity contribution in [3.63, 3.8) is 0 Å². The summed E-state index contributed by atoms with van der Waals surface area (Å²) in [6, 6.07) is 7.30. The van der Waals surface area contributed by atoms with Gasteiger partial charge in [-0.15, -0.1) is 0 Å². The molecule has 0 bridgehead atoms. The molecule has 2 N–H and O–H groups in total. The number of carbonyl (C=O) groups excluding carboxylic acids is 1. The number of nitrogens with two attached hydrogens (primary N) is 1. The molecule has 1 saturated carbocycles. The van der Waals surface area contributed by atoms with E-state index < -0.39 is 0 Å². The van der Waals surface area contributed by atoms with Crippen LogP contribution in [0, 0.1) is 11.8 Å². The van der Waals surface area contributed by atoms with Gasteiger partial charge in [0.15, 0.2) is 5.78 Å². The zero-order valence-corrected chi connectivity index (χ0v) is 9.78. The zero-order valence-electron chi connectivity index (χ0n) is 9.78. The molecule has 2 heteroatoms. The molecule has 16 heavy (non-hydrogen) atoms. The van der Waals surface area contributed by atoms with E-state index >= 15 is 0 Å². The number of rotatable bonds is 2. The second kappa shape index (κ2) is 4.69. The van der Waals surface area contributed by atoms with Gasteiger partial charge in [0.05, 0.1) is 0 Å². The molecule has 86 valence electrons. The first-order valence-corrected chi connectivity index (χ1v) is 6.06. The maximum absolute atomic E-state index is 12.2. The molecule has 1 aromatic carbocycles. The Labute approximate surface area is 96.8 Å². The summed E-state index contributed by atoms with van der Waals surface area (Å²) < 4.78 is 0. The van der Waals surface area contributed by atoms with Crippen LogP contribution in [0.3, 0.4) is 0 Å². The highest BCUT2D eigenvalue weighted by molar-refractivity contribution is 5.98. The van der Waals surface area contributed by atoms with Crippen LogP contribution >= 0.6 is 0 Å². The van der Waals surface area contributed by atoms with E-state index in [1.807, 2.05) is 12.1 Å². The summed E-state index contributed by atoms with van der Waals surface area (Å²) in [7, 11) is 0. The Morgan fingerprint density at radius 1 is 1.25 bits per heavy atom. The first-order chi connectivity index (χ1) is 7.66. The Hall–Kier alpha value is -1.31. The summed E-state index contributed by atoms with van der Waals surface area (Å²) in [4.78, 5) is 12.2. The summed E-state index contributed by atoms with van der Waals surface area (Å²) in [6.45, 7) is 2.24. The predicted molar refractivity (Wildman–Crippen MR) is 66.3 cm³/mol. The lowest BCUT2D eigenvalue weighted by molar-refractivity contribution is 0.0868. The topological polar surface area (TPSA) is 43.1 Å². The van der Waals surface area contributed by atoms with Crippen molar-refractivity contribution >= 4 is 11.5 Å². The molecule has 1 aromatic rings. The second-order valence-electron chi connectivity index (χ2n) is 4.95. The normalized spacial score (nSPS) is 25.3. The van der Waals surface area contributed by atoms with Crippen LogP contribution in [-0.4, -0.2) is 5.78 Å². The van der Waals surface area contributed by atoms with Crippen molar-refractivity contribution in [2.75, 3.05) is 5.73 Å². The molecule has 0 radical (unpaired) electrons. The van der Waals surface area contributed by atoms with E-state index in [-0.39, 0.29) is 5.92 Å². The van der Waals surface area contributed by atoms with E-state index in [0.29, 0.717) is 17.4 Å². The minimum Gasteiger partial charge on any atom is -0.399 e. The van der Waals surface area contributed by atoms with Crippen molar-refractivity contribution < 1.29 is 4.79 Å². The monoisotopic (exact) mass is 217 g/mol. The fraction of sp³-hybridized carbons (Fsp3) is 0.500. The van der Waals surface area contributed by atoms with Crippen molar-refractivity contribution in [3.05, 3.63) is 29.8 Å². The minimum atomic E-state index is 0.229. The number of nitrogen functional groups attached to an aromatic ring is 1. The quantitative estimate of drug-likeness (QED) is 0.610. The molecule has 0 aromatic heterocycles. The Kier molecular flexibility index (Phi) is 3.28. The van der Waals surface area contributed by atoms with Crippen LogP contribution in [0.4, 0.5) is 5.69 Å². The van der Waals surface area contributed by atoms with Crippen LogP contribution in [-0.2, 0) is 0 Å². The lowest BCUT2D eigenvalue weighted by Crippen LogP contribution is -2.21. The molecule has 0 spiro atoms. The third kappa shape index (κ3) is 2.43. The van der Waals surface area contributed by atoms with E-state index in [9.17, 15) is 4.79 Å². The average Bonchev–Trinajstić information content (AvgIpc) is 2.29. The smallest absolute Gasteiger partial charge is 0.165 e. The standard InChI is InChI=1S/C14H19NO/c1-10-3-2-4-12(9-10)14(16)11-5-7-13(15)8-6-11/h5-8,10,12H,2-4,9,15H2,1H3. The van der Waals surface area contributed by atoms with Gasteiger partial charge in [0, 0.05) is 17.2 Å². The molecular formula is C14H19NO. The van der Waals surface area contributed by atoms with Gasteiger partial charge in [0.1, 0.15) is 0 Å². The van der Waals surface area contributed by atoms with Gasteiger partial charge in [-0.25, -0.2) is 0 Å². The van der Waals surface area contributed by atoms with E-state index in [1.165, 1.54) is 12.8 Å². The SMILES string of the molecule is CC1CCCC(C(=O)c2ccc(N)cc2)C1. The van der Waals surface area contributed by atoms with Crippen molar-refractivity contribution in [1.82, 2.24) is 0 Å². The van der Waals surface area contributed by atoms with Gasteiger partial charge in [-0.3, -0.25) is 4.79 Å². The van der Waals surface area contributed by atoms with Crippen LogP contribution < -0.4 is 5.73 Å². The molecule has 2 unspecified atom stereocenters. The van der Waals surface area contributed by atoms with Crippen molar-refractivity contribution in [2.45, 2.75) is 32.6 Å². The number of hydrogen-bond acceptors (Lipinski definition) is 2. The Bertz CT molecular complexity index is 369. The first kappa shape index (κ1) is 11.2. The number of carbonyl (C=O) groups is 1. The molecule has 1 aliphatic carbocycles. The molecule has 0 heterocycles. The molecule has 2 rings (SSSR count). The predicted octanol–water partition coefficient (Wildman–Crippen LogP) is 3.28. The van der Waals surface area contributed by atoms with Crippen molar-refractivity contribution in [1.29, 1.82) is 0 Å². The van der Waals surface area contributed by atoms with Gasteiger partial charge in [-0.05, 0) is 43.0 Å². The van der Waals surface area contributed by atoms with Crippen molar-refractivity contribution in [2.24, 2.45) is 11.8 Å². The fourth-order valence-electron chi connectivity index (χ4n) is 2.56. The summed E-state index contributed by atoms with van der Waals surface area (Å²) in [5.41, 5.74) is 7.15. The summed E-state index contributed by atoms with van der Waals surface area (Å²) in [6.07, 6.45) is 4.55. The molecular weight excluding hydrogens is 198 g/mol. The maximum Gasteiger partial charge on any atom is 0.165 e. The molecule has 0 saturated heterocycles. The van der Waals surface area contributed by atoms with Crippen LogP contribution in [0.15, 0.2) is 24.3 Å². The van der Waals surface area contributed by atoms with Gasteiger partial charge in [-0.1, -0.05) is 19.8 Å². The van der Waals surface area contributed by atoms with Crippen LogP contribution in [0.2, 0.25) is 0 Å². The lowest BCUT2D eigenvalue weighted by atomic mass is 9.79. The van der Waals surface area contributed by atoms with E-state index in [1.54, 1.807) is 12.1 Å². The highest BCUT2D eigenvalue weighted by Crippen LogP contribution is 2.30. The van der Waals surface area contributed by atoms with Gasteiger partial charge < -0.3 is 5.73 Å². The van der Waals surface area contributed by atoms with Gasteiger partial charge in [0.25, 0.3) is 0 Å². The van der Waals surface area contributed by atoms with Crippen LogP contribution in [0.5, 0.6) is 0 Å². The van der Waals surface area contributed by atoms with Gasteiger partial charge in [0.2, 0.25) is 0 Å². The lowest BCUT2D eigenvalue weighted by Gasteiger charge is -2.25. The second-order valence-corrected chi connectivity index (χ2v) is 4.95. The Morgan fingerprint density at radius 3 is 2.56 bits per heavy atom. The number of benzene rings is 1. The van der Waals surface area contributed by atoms with E-state index in [4.69, 9.17) is 5.73 Å². The minimum absolute atomic E-state index is 0.229. The summed E-state index contributed by atoms with van der Waals surface area (Å²) >= 11 is 0. The maximum atomic E-state index is 12.2. The molecule has 0 aliphatic heterocycles. The van der Waals surface area contributed by atoms with Gasteiger partial charge >= 0.3 is 0 Å². The third-order valence-electron chi connectivity index (χ3n) is 3.50. The highest BCUT2D eigenvalue weighted by atomic mass is 16.1. The molecule has 2 nitrogen and oxygen atoms in total. The van der Waals surface area contributed by atoms with E-state index in [0.717, 1.165) is 18.4 Å². The van der Waals surface area contributed by atoms with E-state index in [2.05, 4.69) is 6.92 Å². The summed E-state index contributed by atoms with van der Waals surface area (Å²) in [5.74, 6) is 1.22. The number of hydrogen-bond donors (Lipinski definition) is 1.